The number of aromatic nitrogens is 2. The number of thioether (sulfide) groups is 1. The van der Waals surface area contributed by atoms with Crippen molar-refractivity contribution in [2.24, 2.45) is 23.2 Å². The number of nitrogens with zero attached hydrogens (tertiary/aromatic N) is 2. The van der Waals surface area contributed by atoms with Gasteiger partial charge in [0.15, 0.2) is 0 Å². The average molecular weight is 486 g/mol. The van der Waals surface area contributed by atoms with Gasteiger partial charge in [-0.15, -0.1) is 0 Å². The van der Waals surface area contributed by atoms with E-state index in [1.165, 1.54) is 44.1 Å². The van der Waals surface area contributed by atoms with E-state index in [9.17, 15) is 4.79 Å². The summed E-state index contributed by atoms with van der Waals surface area (Å²) < 4.78 is 7.88. The maximum absolute atomic E-state index is 13.5. The van der Waals surface area contributed by atoms with Crippen molar-refractivity contribution in [3.8, 4) is 17.2 Å². The second kappa shape index (κ2) is 8.44. The van der Waals surface area contributed by atoms with E-state index in [0.717, 1.165) is 58.0 Å². The van der Waals surface area contributed by atoms with Crippen LogP contribution in [-0.2, 0) is 16.3 Å². The molecule has 4 bridgehead atoms. The summed E-state index contributed by atoms with van der Waals surface area (Å²) in [5, 5.41) is 8.23. The molecule has 0 spiro atoms. The van der Waals surface area contributed by atoms with Gasteiger partial charge in [0.25, 0.3) is 0 Å². The van der Waals surface area contributed by atoms with Crippen LogP contribution in [0.15, 0.2) is 54.6 Å². The highest BCUT2D eigenvalue weighted by molar-refractivity contribution is 7.98. The smallest absolute Gasteiger partial charge is 0.226 e. The summed E-state index contributed by atoms with van der Waals surface area (Å²) in [6, 6.07) is 17.8. The summed E-state index contributed by atoms with van der Waals surface area (Å²) in [4.78, 5) is 13.5. The summed E-state index contributed by atoms with van der Waals surface area (Å²) in [5.41, 5.74) is 3.44. The average Bonchev–Trinajstić information content (AvgIpc) is 3.42. The van der Waals surface area contributed by atoms with Crippen LogP contribution in [0.25, 0.3) is 5.69 Å². The van der Waals surface area contributed by atoms with Gasteiger partial charge in [-0.05, 0) is 98.1 Å². The van der Waals surface area contributed by atoms with Crippen molar-refractivity contribution < 1.29 is 9.53 Å². The highest BCUT2D eigenvalue weighted by atomic mass is 32.2. The van der Waals surface area contributed by atoms with Crippen LogP contribution in [0.3, 0.4) is 0 Å². The van der Waals surface area contributed by atoms with Crippen LogP contribution in [-0.4, -0.2) is 15.7 Å². The van der Waals surface area contributed by atoms with Gasteiger partial charge in [0.1, 0.15) is 17.3 Å². The summed E-state index contributed by atoms with van der Waals surface area (Å²) in [7, 11) is 0. The van der Waals surface area contributed by atoms with E-state index in [1.807, 2.05) is 71.0 Å². The van der Waals surface area contributed by atoms with E-state index in [4.69, 9.17) is 9.84 Å². The summed E-state index contributed by atoms with van der Waals surface area (Å²) in [5.74, 6) is 6.99. The van der Waals surface area contributed by atoms with Crippen LogP contribution >= 0.6 is 11.8 Å². The van der Waals surface area contributed by atoms with Crippen molar-refractivity contribution in [1.29, 1.82) is 0 Å². The minimum absolute atomic E-state index is 0.164. The molecule has 1 aliphatic heterocycles. The van der Waals surface area contributed by atoms with Crippen molar-refractivity contribution in [2.45, 2.75) is 56.5 Å². The number of hydrogen-bond acceptors (Lipinski definition) is 4. The molecule has 4 fully saturated rings. The number of fused-ring (bicyclic) bond motifs is 1. The lowest BCUT2D eigenvalue weighted by atomic mass is 9.49. The number of anilines is 1. The molecule has 1 aromatic heterocycles. The zero-order chi connectivity index (χ0) is 23.4. The highest BCUT2D eigenvalue weighted by Crippen LogP contribution is 2.61. The minimum Gasteiger partial charge on any atom is -0.457 e. The molecular weight excluding hydrogens is 454 g/mol. The Labute approximate surface area is 210 Å². The van der Waals surface area contributed by atoms with Crippen LogP contribution in [0.5, 0.6) is 11.5 Å². The lowest BCUT2D eigenvalue weighted by Gasteiger charge is -2.56. The number of rotatable bonds is 6. The Kier molecular flexibility index (Phi) is 5.19. The Morgan fingerprint density at radius 1 is 0.943 bits per heavy atom. The second-order valence-corrected chi connectivity index (χ2v) is 12.2. The summed E-state index contributed by atoms with van der Waals surface area (Å²) >= 11 is 1.87. The zero-order valence-corrected chi connectivity index (χ0v) is 20.7. The molecular formula is C29H31N3O2S. The van der Waals surface area contributed by atoms with E-state index in [-0.39, 0.29) is 11.3 Å². The lowest BCUT2D eigenvalue weighted by molar-refractivity contribution is -0.124. The van der Waals surface area contributed by atoms with Crippen LogP contribution in [0.1, 0.15) is 56.2 Å². The molecule has 5 nitrogen and oxygen atoms in total. The van der Waals surface area contributed by atoms with Gasteiger partial charge in [0, 0.05) is 23.5 Å². The molecule has 8 rings (SSSR count). The van der Waals surface area contributed by atoms with Gasteiger partial charge in [-0.3, -0.25) is 4.79 Å². The van der Waals surface area contributed by atoms with E-state index < -0.39 is 0 Å². The van der Waals surface area contributed by atoms with Gasteiger partial charge in [0.2, 0.25) is 5.91 Å². The third kappa shape index (κ3) is 4.06. The number of nitrogens with one attached hydrogen (secondary N) is 1. The number of benzene rings is 2. The molecule has 0 atom stereocenters. The fourth-order valence-corrected chi connectivity index (χ4v) is 8.67. The third-order valence-electron chi connectivity index (χ3n) is 8.57. The quantitative estimate of drug-likeness (QED) is 0.410. The zero-order valence-electron chi connectivity index (χ0n) is 19.9. The van der Waals surface area contributed by atoms with Gasteiger partial charge in [-0.1, -0.05) is 18.2 Å². The Hall–Kier alpha value is -2.73. The first-order valence-corrected chi connectivity index (χ1v) is 14.1. The van der Waals surface area contributed by atoms with E-state index in [2.05, 4.69) is 5.32 Å². The number of carbonyl (C=O) groups is 1. The van der Waals surface area contributed by atoms with Crippen LogP contribution < -0.4 is 10.1 Å². The van der Waals surface area contributed by atoms with Crippen molar-refractivity contribution in [3.05, 3.63) is 65.9 Å². The molecule has 2 heterocycles. The lowest BCUT2D eigenvalue weighted by Crippen LogP contribution is -2.47. The highest BCUT2D eigenvalue weighted by Gasteiger charge is 2.51. The van der Waals surface area contributed by atoms with Gasteiger partial charge >= 0.3 is 0 Å². The molecule has 4 saturated carbocycles. The molecule has 0 saturated heterocycles. The minimum atomic E-state index is 0.164. The molecule has 6 heteroatoms. The van der Waals surface area contributed by atoms with Crippen LogP contribution in [0.4, 0.5) is 5.82 Å². The number of amides is 1. The van der Waals surface area contributed by atoms with Gasteiger partial charge in [-0.2, -0.15) is 16.9 Å². The van der Waals surface area contributed by atoms with Gasteiger partial charge in [-0.25, -0.2) is 4.68 Å². The van der Waals surface area contributed by atoms with E-state index in [1.54, 1.807) is 0 Å². The molecule has 0 radical (unpaired) electrons. The first-order valence-electron chi connectivity index (χ1n) is 12.9. The van der Waals surface area contributed by atoms with Crippen molar-refractivity contribution >= 4 is 23.5 Å². The summed E-state index contributed by atoms with van der Waals surface area (Å²) in [6.07, 6.45) is 8.63. The molecule has 4 aliphatic carbocycles. The monoisotopic (exact) mass is 485 g/mol. The van der Waals surface area contributed by atoms with Crippen LogP contribution in [0, 0.1) is 23.2 Å². The number of carbonyl (C=O) groups excluding carboxylic acids is 1. The van der Waals surface area contributed by atoms with Crippen molar-refractivity contribution in [2.75, 3.05) is 5.32 Å². The first-order chi connectivity index (χ1) is 17.1. The molecule has 2 aromatic carbocycles. The predicted molar refractivity (Wildman–Crippen MR) is 139 cm³/mol. The SMILES string of the molecule is O=C(CC12CC3CC(CC(C3)C1)C2)Nc1c2c(nn1-c1ccc(Oc3ccccc3)cc1)CSC2. The number of hydrogen-bond donors (Lipinski definition) is 1. The fourth-order valence-electron chi connectivity index (χ4n) is 7.63. The number of para-hydroxylation sites is 1. The molecule has 5 aliphatic rings. The van der Waals surface area contributed by atoms with E-state index >= 15 is 0 Å². The molecule has 1 N–H and O–H groups in total. The van der Waals surface area contributed by atoms with E-state index in [0.29, 0.717) is 6.42 Å². The molecule has 1 amide bonds. The van der Waals surface area contributed by atoms with Crippen LogP contribution in [0.2, 0.25) is 0 Å². The molecule has 35 heavy (non-hydrogen) atoms. The first kappa shape index (κ1) is 21.5. The predicted octanol–water partition coefficient (Wildman–Crippen LogP) is 6.96. The summed E-state index contributed by atoms with van der Waals surface area (Å²) in [6.45, 7) is 0. The molecule has 3 aromatic rings. The Balaban J connectivity index is 1.12. The maximum atomic E-state index is 13.5. The Morgan fingerprint density at radius 3 is 2.29 bits per heavy atom. The Bertz CT molecular complexity index is 1220. The molecule has 0 unspecified atom stereocenters. The van der Waals surface area contributed by atoms with Gasteiger partial charge in [0.05, 0.1) is 11.4 Å². The number of ether oxygens (including phenoxy) is 1. The second-order valence-electron chi connectivity index (χ2n) is 11.2. The van der Waals surface area contributed by atoms with Crippen molar-refractivity contribution in [1.82, 2.24) is 9.78 Å². The molecule has 180 valence electrons. The maximum Gasteiger partial charge on any atom is 0.226 e. The Morgan fingerprint density at radius 2 is 1.60 bits per heavy atom. The van der Waals surface area contributed by atoms with Crippen molar-refractivity contribution in [3.63, 3.8) is 0 Å². The standard InChI is InChI=1S/C29H31N3O2S/c33-27(16-29-13-19-10-20(14-29)12-21(11-19)15-29)30-28-25-17-35-18-26(25)31-32(28)22-6-8-24(9-7-22)34-23-4-2-1-3-5-23/h1-9,19-21H,10-18H2,(H,30,33). The fraction of sp³-hybridized carbons (Fsp3) is 0.448. The van der Waals surface area contributed by atoms with Gasteiger partial charge < -0.3 is 10.1 Å². The normalized spacial score (nSPS) is 28.2. The third-order valence-corrected chi connectivity index (χ3v) is 9.54. The topological polar surface area (TPSA) is 56.2 Å². The largest absolute Gasteiger partial charge is 0.457 e.